The van der Waals surface area contributed by atoms with Crippen molar-refractivity contribution in [2.24, 2.45) is 47.3 Å². The molecule has 0 aromatic heterocycles. The highest BCUT2D eigenvalue weighted by atomic mass is 14.4. The van der Waals surface area contributed by atoms with Crippen LogP contribution in [0.5, 0.6) is 0 Å². The molecule has 0 aliphatic heterocycles. The number of hydrogen-bond donors (Lipinski definition) is 0. The van der Waals surface area contributed by atoms with E-state index in [9.17, 15) is 0 Å². The van der Waals surface area contributed by atoms with Gasteiger partial charge in [0.1, 0.15) is 0 Å². The standard InChI is InChI=1S/C23H46/c1-9-12-17(5)19(7)21(10-2)13-11-14-22-20(8)18(6)15-23(22)16(3)4/h16-23H,9-15H2,1-8H3. The van der Waals surface area contributed by atoms with Crippen molar-refractivity contribution in [3.05, 3.63) is 0 Å². The van der Waals surface area contributed by atoms with E-state index >= 15 is 0 Å². The van der Waals surface area contributed by atoms with E-state index in [-0.39, 0.29) is 0 Å². The Morgan fingerprint density at radius 1 is 0.957 bits per heavy atom. The normalized spacial score (nSPS) is 32.2. The maximum absolute atomic E-state index is 2.53. The molecule has 23 heavy (non-hydrogen) atoms. The first-order chi connectivity index (χ1) is 10.8. The first kappa shape index (κ1) is 21.0. The van der Waals surface area contributed by atoms with E-state index < -0.39 is 0 Å². The molecule has 0 saturated heterocycles. The summed E-state index contributed by atoms with van der Waals surface area (Å²) in [6, 6.07) is 0. The molecule has 0 heterocycles. The van der Waals surface area contributed by atoms with Gasteiger partial charge in [0, 0.05) is 0 Å². The molecule has 138 valence electrons. The average molecular weight is 323 g/mol. The molecular formula is C23H46. The topological polar surface area (TPSA) is 0 Å². The van der Waals surface area contributed by atoms with Gasteiger partial charge in [-0.25, -0.2) is 0 Å². The second kappa shape index (κ2) is 10.1. The summed E-state index contributed by atoms with van der Waals surface area (Å²) in [6.07, 6.45) is 10.0. The summed E-state index contributed by atoms with van der Waals surface area (Å²) in [7, 11) is 0. The first-order valence-electron chi connectivity index (χ1n) is 10.8. The quantitative estimate of drug-likeness (QED) is 0.384. The van der Waals surface area contributed by atoms with Crippen molar-refractivity contribution in [3.63, 3.8) is 0 Å². The van der Waals surface area contributed by atoms with E-state index in [1.165, 1.54) is 44.9 Å². The van der Waals surface area contributed by atoms with Crippen molar-refractivity contribution in [1.82, 2.24) is 0 Å². The lowest BCUT2D eigenvalue weighted by Crippen LogP contribution is -2.21. The van der Waals surface area contributed by atoms with Gasteiger partial charge in [0.05, 0.1) is 0 Å². The SMILES string of the molecule is CCCC(C)C(C)C(CC)CCCC1C(C)C(C)CC1C(C)C. The fourth-order valence-corrected chi connectivity index (χ4v) is 5.51. The Morgan fingerprint density at radius 3 is 2.13 bits per heavy atom. The zero-order valence-electron chi connectivity index (χ0n) is 17.6. The third kappa shape index (κ3) is 5.79. The Labute approximate surface area is 148 Å². The van der Waals surface area contributed by atoms with Crippen molar-refractivity contribution >= 4 is 0 Å². The molecule has 1 aliphatic carbocycles. The molecule has 1 aliphatic rings. The molecule has 0 nitrogen and oxygen atoms in total. The molecule has 0 spiro atoms. The highest BCUT2D eigenvalue weighted by molar-refractivity contribution is 4.88. The Hall–Kier alpha value is 0. The fourth-order valence-electron chi connectivity index (χ4n) is 5.51. The lowest BCUT2D eigenvalue weighted by molar-refractivity contribution is 0.201. The van der Waals surface area contributed by atoms with E-state index in [4.69, 9.17) is 0 Å². The van der Waals surface area contributed by atoms with Crippen LogP contribution in [0.2, 0.25) is 0 Å². The van der Waals surface area contributed by atoms with Crippen LogP contribution in [0.25, 0.3) is 0 Å². The van der Waals surface area contributed by atoms with Gasteiger partial charge in [-0.2, -0.15) is 0 Å². The van der Waals surface area contributed by atoms with Crippen LogP contribution in [0.1, 0.15) is 100 Å². The summed E-state index contributed by atoms with van der Waals surface area (Å²) in [4.78, 5) is 0. The smallest absolute Gasteiger partial charge is 0.0355 e. The van der Waals surface area contributed by atoms with Crippen LogP contribution in [0.15, 0.2) is 0 Å². The molecule has 7 atom stereocenters. The molecule has 0 bridgehead atoms. The van der Waals surface area contributed by atoms with E-state index in [1.54, 1.807) is 0 Å². The van der Waals surface area contributed by atoms with Gasteiger partial charge in [-0.3, -0.25) is 0 Å². The predicted molar refractivity (Wildman–Crippen MR) is 106 cm³/mol. The van der Waals surface area contributed by atoms with Crippen molar-refractivity contribution < 1.29 is 0 Å². The molecule has 1 saturated carbocycles. The fraction of sp³-hybridized carbons (Fsp3) is 1.00. The summed E-state index contributed by atoms with van der Waals surface area (Å²) >= 11 is 0. The Kier molecular flexibility index (Phi) is 9.24. The minimum absolute atomic E-state index is 0.873. The van der Waals surface area contributed by atoms with Crippen LogP contribution in [0.3, 0.4) is 0 Å². The lowest BCUT2D eigenvalue weighted by atomic mass is 9.75. The van der Waals surface area contributed by atoms with Crippen molar-refractivity contribution in [2.45, 2.75) is 100 Å². The van der Waals surface area contributed by atoms with Crippen LogP contribution in [-0.4, -0.2) is 0 Å². The second-order valence-electron chi connectivity index (χ2n) is 9.37. The van der Waals surface area contributed by atoms with Crippen molar-refractivity contribution in [2.75, 3.05) is 0 Å². The third-order valence-corrected chi connectivity index (χ3v) is 7.65. The van der Waals surface area contributed by atoms with Crippen LogP contribution < -0.4 is 0 Å². The summed E-state index contributed by atoms with van der Waals surface area (Å²) < 4.78 is 0. The van der Waals surface area contributed by atoms with Gasteiger partial charge in [-0.05, 0) is 60.2 Å². The molecule has 1 fully saturated rings. The van der Waals surface area contributed by atoms with Crippen molar-refractivity contribution in [3.8, 4) is 0 Å². The monoisotopic (exact) mass is 322 g/mol. The Morgan fingerprint density at radius 2 is 1.61 bits per heavy atom. The molecule has 7 unspecified atom stereocenters. The van der Waals surface area contributed by atoms with E-state index in [0.29, 0.717) is 0 Å². The molecule has 1 rings (SSSR count). The Balaban J connectivity index is 2.49. The van der Waals surface area contributed by atoms with E-state index in [0.717, 1.165) is 47.3 Å². The zero-order chi connectivity index (χ0) is 17.6. The van der Waals surface area contributed by atoms with Gasteiger partial charge in [0.15, 0.2) is 0 Å². The van der Waals surface area contributed by atoms with Gasteiger partial charge in [0.25, 0.3) is 0 Å². The van der Waals surface area contributed by atoms with Gasteiger partial charge < -0.3 is 0 Å². The number of hydrogen-bond acceptors (Lipinski definition) is 0. The van der Waals surface area contributed by atoms with Crippen LogP contribution in [-0.2, 0) is 0 Å². The molecule has 0 amide bonds. The van der Waals surface area contributed by atoms with Crippen molar-refractivity contribution in [1.29, 1.82) is 0 Å². The summed E-state index contributed by atoms with van der Waals surface area (Å²) in [6.45, 7) is 19.7. The van der Waals surface area contributed by atoms with Gasteiger partial charge in [-0.15, -0.1) is 0 Å². The molecule has 0 N–H and O–H groups in total. The summed E-state index contributed by atoms with van der Waals surface area (Å²) in [5.74, 6) is 7.49. The van der Waals surface area contributed by atoms with Gasteiger partial charge in [-0.1, -0.05) is 87.5 Å². The Bertz CT molecular complexity index is 305. The molecule has 0 heteroatoms. The zero-order valence-corrected chi connectivity index (χ0v) is 17.6. The van der Waals surface area contributed by atoms with Gasteiger partial charge >= 0.3 is 0 Å². The molecule has 0 radical (unpaired) electrons. The largest absolute Gasteiger partial charge is 0.0654 e. The highest BCUT2D eigenvalue weighted by Gasteiger charge is 2.39. The third-order valence-electron chi connectivity index (χ3n) is 7.65. The maximum Gasteiger partial charge on any atom is -0.0355 e. The van der Waals surface area contributed by atoms with Crippen LogP contribution in [0.4, 0.5) is 0 Å². The van der Waals surface area contributed by atoms with E-state index in [2.05, 4.69) is 55.4 Å². The van der Waals surface area contributed by atoms with Crippen LogP contribution >= 0.6 is 0 Å². The second-order valence-corrected chi connectivity index (χ2v) is 9.37. The predicted octanol–water partition coefficient (Wildman–Crippen LogP) is 7.82. The lowest BCUT2D eigenvalue weighted by Gasteiger charge is -2.30. The average Bonchev–Trinajstić information content (AvgIpc) is 2.79. The van der Waals surface area contributed by atoms with Crippen LogP contribution in [0, 0.1) is 47.3 Å². The molecular weight excluding hydrogens is 276 g/mol. The van der Waals surface area contributed by atoms with E-state index in [1.807, 2.05) is 0 Å². The minimum atomic E-state index is 0.873. The minimum Gasteiger partial charge on any atom is -0.0654 e. The maximum atomic E-state index is 2.53. The van der Waals surface area contributed by atoms with Gasteiger partial charge in [0.2, 0.25) is 0 Å². The number of rotatable bonds is 10. The first-order valence-corrected chi connectivity index (χ1v) is 10.8. The molecule has 0 aromatic carbocycles. The summed E-state index contributed by atoms with van der Waals surface area (Å²) in [5.41, 5.74) is 0. The highest BCUT2D eigenvalue weighted by Crippen LogP contribution is 2.47. The summed E-state index contributed by atoms with van der Waals surface area (Å²) in [5, 5.41) is 0. The molecule has 0 aromatic rings.